The molecule has 1 N–H and O–H groups in total. The van der Waals surface area contributed by atoms with Gasteiger partial charge in [-0.25, -0.2) is 7.98 Å². The van der Waals surface area contributed by atoms with Crippen LogP contribution in [0.15, 0.2) is 0 Å². The number of aliphatic hydroxyl groups is 1. The fourth-order valence-corrected chi connectivity index (χ4v) is 3.80. The van der Waals surface area contributed by atoms with Gasteiger partial charge in [-0.3, -0.25) is 0 Å². The van der Waals surface area contributed by atoms with Crippen molar-refractivity contribution in [2.45, 2.75) is 18.9 Å². The number of aliphatic hydroxyl groups excluding tert-OH is 1. The molecule has 0 spiro atoms. The molecule has 0 aromatic heterocycles. The molecule has 65 valence electrons. The second-order valence-corrected chi connectivity index (χ2v) is 5.11. The van der Waals surface area contributed by atoms with Crippen molar-refractivity contribution in [3.05, 3.63) is 0 Å². The lowest BCUT2D eigenvalue weighted by molar-refractivity contribution is -0.852. The minimum atomic E-state index is -0.0312. The van der Waals surface area contributed by atoms with Crippen molar-refractivity contribution in [2.75, 3.05) is 19.6 Å². The van der Waals surface area contributed by atoms with E-state index < -0.39 is 0 Å². The summed E-state index contributed by atoms with van der Waals surface area (Å²) in [5.41, 5.74) is 0. The van der Waals surface area contributed by atoms with E-state index in [1.807, 2.05) is 0 Å². The molecule has 0 aromatic rings. The van der Waals surface area contributed by atoms with Gasteiger partial charge >= 0.3 is 0 Å². The van der Waals surface area contributed by atoms with Gasteiger partial charge in [-0.15, -0.1) is 0 Å². The van der Waals surface area contributed by atoms with Crippen LogP contribution in [0.25, 0.3) is 0 Å². The molecule has 0 amide bonds. The van der Waals surface area contributed by atoms with Gasteiger partial charge in [-0.1, -0.05) is 0 Å². The SMILES string of the molecule is [B-][N+]12CC3C[C@H](C1)C(O)[C@@H](C3)C2. The largest absolute Gasteiger partial charge is 0.587 e. The van der Waals surface area contributed by atoms with Gasteiger partial charge < -0.3 is 9.50 Å². The molecule has 4 bridgehead atoms. The highest BCUT2D eigenvalue weighted by molar-refractivity contribution is 5.97. The Morgan fingerprint density at radius 3 is 2.17 bits per heavy atom. The number of hydrogen-bond donors (Lipinski definition) is 1. The topological polar surface area (TPSA) is 20.2 Å². The highest BCUT2D eigenvalue weighted by atomic mass is 16.3. The van der Waals surface area contributed by atoms with Crippen LogP contribution in [0.3, 0.4) is 0 Å². The van der Waals surface area contributed by atoms with Crippen LogP contribution in [0.1, 0.15) is 12.8 Å². The Morgan fingerprint density at radius 2 is 1.67 bits per heavy atom. The van der Waals surface area contributed by atoms with Gasteiger partial charge in [0.2, 0.25) is 0 Å². The van der Waals surface area contributed by atoms with Crippen LogP contribution >= 0.6 is 0 Å². The number of piperidine rings is 3. The monoisotopic (exact) mass is 164 g/mol. The van der Waals surface area contributed by atoms with Gasteiger partial charge in [0.15, 0.2) is 0 Å². The zero-order chi connectivity index (χ0) is 8.34. The van der Waals surface area contributed by atoms with Crippen LogP contribution in [-0.4, -0.2) is 43.2 Å². The summed E-state index contributed by atoms with van der Waals surface area (Å²) in [4.78, 5) is 0. The summed E-state index contributed by atoms with van der Waals surface area (Å²) >= 11 is 0. The zero-order valence-electron chi connectivity index (χ0n) is 7.32. The van der Waals surface area contributed by atoms with Crippen molar-refractivity contribution in [1.82, 2.24) is 0 Å². The third-order valence-corrected chi connectivity index (χ3v) is 4.06. The van der Waals surface area contributed by atoms with Gasteiger partial charge in [-0.05, 0) is 12.8 Å². The van der Waals surface area contributed by atoms with Crippen molar-refractivity contribution in [3.63, 3.8) is 0 Å². The predicted molar refractivity (Wildman–Crippen MR) is 46.3 cm³/mol. The molecule has 4 rings (SSSR count). The van der Waals surface area contributed by atoms with E-state index in [0.29, 0.717) is 11.8 Å². The molecule has 3 radical (unpaired) electrons. The lowest BCUT2D eigenvalue weighted by Crippen LogP contribution is -2.69. The fraction of sp³-hybridized carbons (Fsp3) is 1.00. The van der Waals surface area contributed by atoms with Gasteiger partial charge in [0.05, 0.1) is 6.10 Å². The van der Waals surface area contributed by atoms with Crippen LogP contribution in [-0.2, 0) is 0 Å². The molecule has 0 aromatic carbocycles. The average Bonchev–Trinajstić information content (AvgIpc) is 1.96. The van der Waals surface area contributed by atoms with Crippen molar-refractivity contribution in [3.8, 4) is 0 Å². The first kappa shape index (κ1) is 7.39. The third kappa shape index (κ3) is 0.840. The summed E-state index contributed by atoms with van der Waals surface area (Å²) < 4.78 is 0.761. The fourth-order valence-electron chi connectivity index (χ4n) is 3.80. The van der Waals surface area contributed by atoms with Gasteiger partial charge in [0.1, 0.15) is 0 Å². The van der Waals surface area contributed by atoms with E-state index in [0.717, 1.165) is 23.4 Å². The first-order chi connectivity index (χ1) is 5.66. The number of hydrogen-bond acceptors (Lipinski definition) is 1. The Hall–Kier alpha value is -0.0151. The minimum Gasteiger partial charge on any atom is -0.587 e. The van der Waals surface area contributed by atoms with E-state index in [2.05, 4.69) is 0 Å². The zero-order valence-corrected chi connectivity index (χ0v) is 7.32. The van der Waals surface area contributed by atoms with Crippen LogP contribution in [0.2, 0.25) is 0 Å². The maximum atomic E-state index is 9.88. The van der Waals surface area contributed by atoms with Crippen LogP contribution in [0, 0.1) is 17.8 Å². The van der Waals surface area contributed by atoms with Gasteiger partial charge in [0.25, 0.3) is 0 Å². The van der Waals surface area contributed by atoms with E-state index in [9.17, 15) is 5.11 Å². The molecule has 3 heteroatoms. The Morgan fingerprint density at radius 1 is 1.08 bits per heavy atom. The average molecular weight is 164 g/mol. The van der Waals surface area contributed by atoms with Gasteiger partial charge in [0, 0.05) is 37.4 Å². The summed E-state index contributed by atoms with van der Waals surface area (Å²) in [5.74, 6) is 1.85. The molecule has 3 unspecified atom stereocenters. The second-order valence-electron chi connectivity index (χ2n) is 5.11. The van der Waals surface area contributed by atoms with Crippen molar-refractivity contribution in [2.24, 2.45) is 17.8 Å². The third-order valence-electron chi connectivity index (χ3n) is 4.06. The lowest BCUT2D eigenvalue weighted by atomic mass is 9.64. The van der Waals surface area contributed by atoms with Crippen molar-refractivity contribution in [1.29, 1.82) is 0 Å². The van der Waals surface area contributed by atoms with Gasteiger partial charge in [-0.2, -0.15) is 0 Å². The van der Waals surface area contributed by atoms with E-state index in [1.54, 1.807) is 0 Å². The van der Waals surface area contributed by atoms with Crippen molar-refractivity contribution < 1.29 is 9.50 Å². The molecule has 4 aliphatic rings. The molecule has 12 heavy (non-hydrogen) atoms. The van der Waals surface area contributed by atoms with Crippen molar-refractivity contribution >= 4 is 7.98 Å². The van der Waals surface area contributed by atoms with E-state index >= 15 is 0 Å². The van der Waals surface area contributed by atoms with Crippen LogP contribution in [0.4, 0.5) is 0 Å². The number of rotatable bonds is 0. The molecule has 4 fully saturated rings. The second kappa shape index (κ2) is 2.07. The summed E-state index contributed by atoms with van der Waals surface area (Å²) in [6.07, 6.45) is 2.43. The highest BCUT2D eigenvalue weighted by Gasteiger charge is 2.49. The van der Waals surface area contributed by atoms with Crippen LogP contribution in [0.5, 0.6) is 0 Å². The summed E-state index contributed by atoms with van der Waals surface area (Å²) in [5, 5.41) is 9.88. The quantitative estimate of drug-likeness (QED) is 0.496. The molecular weight excluding hydrogens is 149 g/mol. The van der Waals surface area contributed by atoms with E-state index in [-0.39, 0.29) is 6.10 Å². The highest BCUT2D eigenvalue weighted by Crippen LogP contribution is 2.45. The standard InChI is InChI=1S/C9H15BNO/c10-11-3-6-1-7(4-11)9(12)8(2-6)5-11/h6-9,12H,1-5H2/t6?,7-,8+,9?,11?. The Labute approximate surface area is 74.6 Å². The number of quaternary nitrogens is 1. The normalized spacial score (nSPS) is 62.5. The predicted octanol–water partition coefficient (Wildman–Crippen LogP) is -0.0828. The molecule has 1 aliphatic carbocycles. The van der Waals surface area contributed by atoms with Crippen LogP contribution < -0.4 is 0 Å². The molecule has 1 saturated carbocycles. The molecule has 3 saturated heterocycles. The summed E-state index contributed by atoms with van der Waals surface area (Å²) in [6, 6.07) is 0. The smallest absolute Gasteiger partial charge is 0.0700 e. The first-order valence-electron chi connectivity index (χ1n) is 4.99. The molecule has 2 nitrogen and oxygen atoms in total. The first-order valence-corrected chi connectivity index (χ1v) is 4.99. The summed E-state index contributed by atoms with van der Waals surface area (Å²) in [6.45, 7) is 3.21. The molecule has 3 heterocycles. The Bertz CT molecular complexity index is 205. The van der Waals surface area contributed by atoms with E-state index in [4.69, 9.17) is 7.98 Å². The minimum absolute atomic E-state index is 0.0312. The molecule has 3 aliphatic heterocycles. The molecule has 5 atom stereocenters. The summed E-state index contributed by atoms with van der Waals surface area (Å²) in [7, 11) is 6.21. The number of nitrogens with zero attached hydrogens (tertiary/aromatic N) is 1. The Balaban J connectivity index is 1.95. The van der Waals surface area contributed by atoms with E-state index in [1.165, 1.54) is 19.4 Å². The molecular formula is C9H15BNO. The maximum Gasteiger partial charge on any atom is 0.0700 e. The Kier molecular flexibility index (Phi) is 1.28. The maximum absolute atomic E-state index is 9.88. The lowest BCUT2D eigenvalue weighted by Gasteiger charge is -2.67.